The third-order valence-corrected chi connectivity index (χ3v) is 3.11. The highest BCUT2D eigenvalue weighted by molar-refractivity contribution is 4.78. The molecule has 1 nitrogen and oxygen atoms in total. The van der Waals surface area contributed by atoms with Crippen LogP contribution in [0, 0.1) is 17.8 Å². The minimum absolute atomic E-state index is 0.0231. The van der Waals surface area contributed by atoms with Crippen molar-refractivity contribution in [3.63, 3.8) is 0 Å². The molecule has 0 radical (unpaired) electrons. The molecule has 1 aliphatic rings. The molecule has 0 aliphatic heterocycles. The van der Waals surface area contributed by atoms with Gasteiger partial charge >= 0.3 is 0 Å². The van der Waals surface area contributed by atoms with Crippen molar-refractivity contribution in [3.8, 4) is 0 Å². The summed E-state index contributed by atoms with van der Waals surface area (Å²) < 4.78 is 0. The van der Waals surface area contributed by atoms with Gasteiger partial charge in [-0.1, -0.05) is 20.8 Å². The maximum atomic E-state index is 9.48. The normalized spacial score (nSPS) is 39.5. The zero-order valence-electron chi connectivity index (χ0n) is 7.88. The lowest BCUT2D eigenvalue weighted by Gasteiger charge is -2.33. The van der Waals surface area contributed by atoms with Crippen LogP contribution in [0.4, 0.5) is 0 Å². The summed E-state index contributed by atoms with van der Waals surface area (Å²) >= 11 is 0. The van der Waals surface area contributed by atoms with E-state index >= 15 is 0 Å². The van der Waals surface area contributed by atoms with Crippen LogP contribution in [0.15, 0.2) is 0 Å². The molecule has 0 amide bonds. The van der Waals surface area contributed by atoms with Gasteiger partial charge in [-0.25, -0.2) is 0 Å². The Morgan fingerprint density at radius 1 is 1.27 bits per heavy atom. The molecule has 1 rings (SSSR count). The first-order valence-electron chi connectivity index (χ1n) is 4.79. The molecule has 66 valence electrons. The van der Waals surface area contributed by atoms with Crippen molar-refractivity contribution in [2.24, 2.45) is 17.8 Å². The fourth-order valence-electron chi connectivity index (χ4n) is 2.03. The molecule has 1 aliphatic carbocycles. The monoisotopic (exact) mass is 156 g/mol. The fraction of sp³-hybridized carbons (Fsp3) is 1.00. The van der Waals surface area contributed by atoms with E-state index in [1.165, 1.54) is 12.8 Å². The van der Waals surface area contributed by atoms with Crippen molar-refractivity contribution in [1.29, 1.82) is 0 Å². The first kappa shape index (κ1) is 9.05. The van der Waals surface area contributed by atoms with Crippen LogP contribution in [-0.2, 0) is 0 Å². The van der Waals surface area contributed by atoms with Crippen LogP contribution in [0.5, 0.6) is 0 Å². The van der Waals surface area contributed by atoms with Gasteiger partial charge in [0, 0.05) is 0 Å². The van der Waals surface area contributed by atoms with Gasteiger partial charge in [0.05, 0.1) is 6.10 Å². The topological polar surface area (TPSA) is 20.2 Å². The first-order valence-corrected chi connectivity index (χ1v) is 4.79. The van der Waals surface area contributed by atoms with Crippen LogP contribution in [0.3, 0.4) is 0 Å². The largest absolute Gasteiger partial charge is 0.393 e. The van der Waals surface area contributed by atoms with Crippen molar-refractivity contribution in [1.82, 2.24) is 0 Å². The van der Waals surface area contributed by atoms with Crippen molar-refractivity contribution in [3.05, 3.63) is 0 Å². The molecular formula is C10H20O. The average Bonchev–Trinajstić information content (AvgIpc) is 1.94. The Morgan fingerprint density at radius 3 is 2.36 bits per heavy atom. The van der Waals surface area contributed by atoms with E-state index in [1.807, 2.05) is 0 Å². The Hall–Kier alpha value is -0.0400. The molecule has 0 aromatic rings. The lowest BCUT2D eigenvalue weighted by molar-refractivity contribution is 0.0465. The second kappa shape index (κ2) is 3.57. The third kappa shape index (κ3) is 2.19. The highest BCUT2D eigenvalue weighted by Gasteiger charge is 2.27. The second-order valence-corrected chi connectivity index (χ2v) is 4.36. The van der Waals surface area contributed by atoms with Gasteiger partial charge < -0.3 is 5.11 Å². The van der Waals surface area contributed by atoms with E-state index < -0.39 is 0 Å². The van der Waals surface area contributed by atoms with E-state index in [0.717, 1.165) is 18.3 Å². The van der Waals surface area contributed by atoms with E-state index in [-0.39, 0.29) is 6.10 Å². The summed E-state index contributed by atoms with van der Waals surface area (Å²) in [5.74, 6) is 2.18. The Bertz CT molecular complexity index is 120. The van der Waals surface area contributed by atoms with E-state index in [4.69, 9.17) is 0 Å². The van der Waals surface area contributed by atoms with Gasteiger partial charge in [0.15, 0.2) is 0 Å². The van der Waals surface area contributed by atoms with Crippen LogP contribution >= 0.6 is 0 Å². The van der Waals surface area contributed by atoms with Crippen LogP contribution in [0.25, 0.3) is 0 Å². The molecular weight excluding hydrogens is 136 g/mol. The maximum absolute atomic E-state index is 9.48. The molecule has 0 bridgehead atoms. The minimum atomic E-state index is -0.0231. The SMILES string of the molecule is CC(C)[C@H]1CC[C@@H](O)[C@H](C)C1. The zero-order valence-corrected chi connectivity index (χ0v) is 7.88. The molecule has 1 N–H and O–H groups in total. The van der Waals surface area contributed by atoms with Gasteiger partial charge in [0.1, 0.15) is 0 Å². The second-order valence-electron chi connectivity index (χ2n) is 4.36. The third-order valence-electron chi connectivity index (χ3n) is 3.11. The lowest BCUT2D eigenvalue weighted by atomic mass is 9.75. The van der Waals surface area contributed by atoms with E-state index in [9.17, 15) is 5.11 Å². The van der Waals surface area contributed by atoms with E-state index in [0.29, 0.717) is 5.92 Å². The van der Waals surface area contributed by atoms with E-state index in [1.54, 1.807) is 0 Å². The number of hydrogen-bond acceptors (Lipinski definition) is 1. The van der Waals surface area contributed by atoms with E-state index in [2.05, 4.69) is 20.8 Å². The van der Waals surface area contributed by atoms with Gasteiger partial charge in [-0.2, -0.15) is 0 Å². The molecule has 1 saturated carbocycles. The van der Waals surface area contributed by atoms with Crippen LogP contribution in [0.1, 0.15) is 40.0 Å². The van der Waals surface area contributed by atoms with Gasteiger partial charge in [0.2, 0.25) is 0 Å². The molecule has 0 unspecified atom stereocenters. The molecule has 1 fully saturated rings. The molecule has 0 aromatic carbocycles. The Balaban J connectivity index is 2.40. The van der Waals surface area contributed by atoms with Crippen molar-refractivity contribution in [2.75, 3.05) is 0 Å². The number of aliphatic hydroxyl groups is 1. The predicted octanol–water partition coefficient (Wildman–Crippen LogP) is 2.44. The summed E-state index contributed by atoms with van der Waals surface area (Å²) in [6.07, 6.45) is 3.44. The molecule has 0 saturated heterocycles. The number of rotatable bonds is 1. The van der Waals surface area contributed by atoms with Crippen LogP contribution in [0.2, 0.25) is 0 Å². The summed E-state index contributed by atoms with van der Waals surface area (Å²) in [5, 5.41) is 9.48. The zero-order chi connectivity index (χ0) is 8.43. The smallest absolute Gasteiger partial charge is 0.0566 e. The Kier molecular flexibility index (Phi) is 2.94. The number of aliphatic hydroxyl groups excluding tert-OH is 1. The molecule has 0 heterocycles. The van der Waals surface area contributed by atoms with Crippen molar-refractivity contribution >= 4 is 0 Å². The number of hydrogen-bond donors (Lipinski definition) is 1. The lowest BCUT2D eigenvalue weighted by Crippen LogP contribution is -2.29. The quantitative estimate of drug-likeness (QED) is 0.618. The molecule has 3 atom stereocenters. The maximum Gasteiger partial charge on any atom is 0.0566 e. The van der Waals surface area contributed by atoms with Crippen LogP contribution < -0.4 is 0 Å². The highest BCUT2D eigenvalue weighted by Crippen LogP contribution is 2.33. The summed E-state index contributed by atoms with van der Waals surface area (Å²) in [7, 11) is 0. The fourth-order valence-corrected chi connectivity index (χ4v) is 2.03. The van der Waals surface area contributed by atoms with Crippen molar-refractivity contribution < 1.29 is 5.11 Å². The first-order chi connectivity index (χ1) is 5.11. The molecule has 11 heavy (non-hydrogen) atoms. The highest BCUT2D eigenvalue weighted by atomic mass is 16.3. The summed E-state index contributed by atoms with van der Waals surface area (Å²) in [6, 6.07) is 0. The van der Waals surface area contributed by atoms with Gasteiger partial charge in [-0.3, -0.25) is 0 Å². The Morgan fingerprint density at radius 2 is 1.91 bits per heavy atom. The molecule has 0 aromatic heterocycles. The van der Waals surface area contributed by atoms with Gasteiger partial charge in [-0.05, 0) is 37.0 Å². The van der Waals surface area contributed by atoms with Crippen molar-refractivity contribution in [2.45, 2.75) is 46.1 Å². The summed E-state index contributed by atoms with van der Waals surface area (Å²) in [5.41, 5.74) is 0. The predicted molar refractivity (Wildman–Crippen MR) is 47.3 cm³/mol. The van der Waals surface area contributed by atoms with Gasteiger partial charge in [0.25, 0.3) is 0 Å². The molecule has 1 heteroatoms. The van der Waals surface area contributed by atoms with Gasteiger partial charge in [-0.15, -0.1) is 0 Å². The summed E-state index contributed by atoms with van der Waals surface area (Å²) in [6.45, 7) is 6.74. The standard InChI is InChI=1S/C10H20O/c1-7(2)9-4-5-10(11)8(3)6-9/h7-11H,4-6H2,1-3H3/t8-,9+,10-/m1/s1. The average molecular weight is 156 g/mol. The van der Waals surface area contributed by atoms with Crippen LogP contribution in [-0.4, -0.2) is 11.2 Å². The minimum Gasteiger partial charge on any atom is -0.393 e. The Labute approximate surface area is 69.8 Å². The summed E-state index contributed by atoms with van der Waals surface area (Å²) in [4.78, 5) is 0. The molecule has 0 spiro atoms.